The fraction of sp³-hybridized carbons (Fsp3) is 0. The van der Waals surface area contributed by atoms with Gasteiger partial charge in [0.25, 0.3) is 11.2 Å². The van der Waals surface area contributed by atoms with Crippen LogP contribution in [0, 0.1) is 10.1 Å². The second kappa shape index (κ2) is 3.05. The zero-order valence-electron chi connectivity index (χ0n) is 7.43. The molecule has 0 saturated heterocycles. The lowest BCUT2D eigenvalue weighted by atomic mass is 10.2. The molecule has 76 valence electrons. The van der Waals surface area contributed by atoms with E-state index in [1.54, 1.807) is 0 Å². The molecule has 0 aliphatic heterocycles. The number of hydrogen-bond donors (Lipinski definition) is 2. The van der Waals surface area contributed by atoms with Gasteiger partial charge in [-0.15, -0.1) is 0 Å². The molecule has 15 heavy (non-hydrogen) atoms. The van der Waals surface area contributed by atoms with E-state index < -0.39 is 10.5 Å². The molecule has 0 aliphatic carbocycles. The number of H-pyrrole nitrogens is 1. The van der Waals surface area contributed by atoms with Crippen LogP contribution >= 0.6 is 0 Å². The number of rotatable bonds is 1. The van der Waals surface area contributed by atoms with Crippen molar-refractivity contribution >= 4 is 22.3 Å². The van der Waals surface area contributed by atoms with Crippen molar-refractivity contribution in [2.75, 3.05) is 5.73 Å². The average molecular weight is 206 g/mol. The molecule has 0 bridgehead atoms. The van der Waals surface area contributed by atoms with E-state index in [4.69, 9.17) is 5.73 Å². The van der Waals surface area contributed by atoms with Gasteiger partial charge >= 0.3 is 0 Å². The number of fused-ring (bicyclic) bond motifs is 1. The monoisotopic (exact) mass is 206 g/mol. The van der Waals surface area contributed by atoms with Gasteiger partial charge in [-0.1, -0.05) is 0 Å². The minimum atomic E-state index is -0.638. The van der Waals surface area contributed by atoms with Crippen LogP contribution in [0.5, 0.6) is 0 Å². The van der Waals surface area contributed by atoms with Gasteiger partial charge in [-0.05, 0) is 6.07 Å². The lowest BCUT2D eigenvalue weighted by Crippen LogP contribution is -2.10. The maximum Gasteiger partial charge on any atom is 0.293 e. The Balaban J connectivity index is 2.95. The van der Waals surface area contributed by atoms with E-state index in [1.165, 1.54) is 18.5 Å². The first-order chi connectivity index (χ1) is 7.11. The molecule has 1 heterocycles. The van der Waals surface area contributed by atoms with E-state index in [-0.39, 0.29) is 16.8 Å². The van der Waals surface area contributed by atoms with E-state index in [0.717, 1.165) is 0 Å². The Morgan fingerprint density at radius 1 is 1.47 bits per heavy atom. The van der Waals surface area contributed by atoms with Crippen LogP contribution < -0.4 is 11.3 Å². The third-order valence-electron chi connectivity index (χ3n) is 2.03. The largest absolute Gasteiger partial charge is 0.392 e. The van der Waals surface area contributed by atoms with Gasteiger partial charge in [-0.25, -0.2) is 0 Å². The van der Waals surface area contributed by atoms with Gasteiger partial charge in [0.05, 0.1) is 22.2 Å². The van der Waals surface area contributed by atoms with E-state index in [9.17, 15) is 14.9 Å². The van der Waals surface area contributed by atoms with Gasteiger partial charge in [0.2, 0.25) is 0 Å². The predicted octanol–water partition coefficient (Wildman–Crippen LogP) is 0.413. The molecule has 0 unspecified atom stereocenters. The number of benzene rings is 1. The molecule has 2 aromatic rings. The van der Waals surface area contributed by atoms with Gasteiger partial charge < -0.3 is 10.7 Å². The first kappa shape index (κ1) is 9.13. The number of aromatic amines is 1. The Labute approximate surface area is 82.7 Å². The van der Waals surface area contributed by atoms with E-state index in [2.05, 4.69) is 9.97 Å². The molecule has 7 nitrogen and oxygen atoms in total. The number of nitrogens with two attached hydrogens (primary N) is 1. The quantitative estimate of drug-likeness (QED) is 0.398. The standard InChI is InChI=1S/C8H6N4O3/c9-7-5(12(14)15)2-1-4-6(7)8(13)11-3-10-4/h1-3H,9H2,(H,10,11,13). The first-order valence-corrected chi connectivity index (χ1v) is 4.01. The summed E-state index contributed by atoms with van der Waals surface area (Å²) < 4.78 is 0. The molecule has 0 atom stereocenters. The predicted molar refractivity (Wildman–Crippen MR) is 53.4 cm³/mol. The minimum absolute atomic E-state index is 0.0479. The number of nitro groups is 1. The highest BCUT2D eigenvalue weighted by Gasteiger charge is 2.16. The topological polar surface area (TPSA) is 115 Å². The molecular weight excluding hydrogens is 200 g/mol. The van der Waals surface area contributed by atoms with Gasteiger partial charge in [-0.2, -0.15) is 4.98 Å². The Morgan fingerprint density at radius 2 is 2.20 bits per heavy atom. The third kappa shape index (κ3) is 1.30. The summed E-state index contributed by atoms with van der Waals surface area (Å²) in [6, 6.07) is 2.67. The van der Waals surface area contributed by atoms with Crippen molar-refractivity contribution in [2.45, 2.75) is 0 Å². The molecule has 1 aromatic carbocycles. The van der Waals surface area contributed by atoms with Crippen LogP contribution in [0.15, 0.2) is 23.3 Å². The Hall–Kier alpha value is -2.44. The molecule has 2 rings (SSSR count). The lowest BCUT2D eigenvalue weighted by molar-refractivity contribution is -0.383. The smallest absolute Gasteiger partial charge is 0.293 e. The zero-order chi connectivity index (χ0) is 11.0. The maximum absolute atomic E-state index is 11.3. The summed E-state index contributed by atoms with van der Waals surface area (Å²) in [6.07, 6.45) is 1.22. The summed E-state index contributed by atoms with van der Waals surface area (Å²) >= 11 is 0. The first-order valence-electron chi connectivity index (χ1n) is 4.01. The van der Waals surface area contributed by atoms with Crippen molar-refractivity contribution in [2.24, 2.45) is 0 Å². The SMILES string of the molecule is Nc1c([N+](=O)[O-])ccc2[nH]cnc(=O)c12. The number of nitro benzene ring substituents is 1. The highest BCUT2D eigenvalue weighted by atomic mass is 16.6. The van der Waals surface area contributed by atoms with Crippen LogP contribution in [-0.2, 0) is 0 Å². The van der Waals surface area contributed by atoms with Crippen molar-refractivity contribution in [1.82, 2.24) is 9.97 Å². The van der Waals surface area contributed by atoms with Gasteiger partial charge in [-0.3, -0.25) is 14.9 Å². The van der Waals surface area contributed by atoms with Crippen molar-refractivity contribution in [3.63, 3.8) is 0 Å². The van der Waals surface area contributed by atoms with Crippen LogP contribution in [0.2, 0.25) is 0 Å². The van der Waals surface area contributed by atoms with Crippen molar-refractivity contribution in [1.29, 1.82) is 0 Å². The molecule has 1 aromatic heterocycles. The summed E-state index contributed by atoms with van der Waals surface area (Å²) in [7, 11) is 0. The average Bonchev–Trinajstić information content (AvgIpc) is 2.17. The van der Waals surface area contributed by atoms with Crippen molar-refractivity contribution in [3.05, 3.63) is 38.9 Å². The molecular formula is C8H6N4O3. The number of nitrogen functional groups attached to an aromatic ring is 1. The number of hydrogen-bond acceptors (Lipinski definition) is 5. The number of aromatic nitrogens is 2. The van der Waals surface area contributed by atoms with Crippen LogP contribution in [0.4, 0.5) is 11.4 Å². The van der Waals surface area contributed by atoms with Gasteiger partial charge in [0.15, 0.2) is 0 Å². The molecule has 0 spiro atoms. The Kier molecular flexibility index (Phi) is 1.86. The number of anilines is 1. The molecule has 7 heteroatoms. The van der Waals surface area contributed by atoms with Gasteiger partial charge in [0, 0.05) is 6.07 Å². The molecule has 0 fully saturated rings. The fourth-order valence-electron chi connectivity index (χ4n) is 1.34. The lowest BCUT2D eigenvalue weighted by Gasteiger charge is -2.00. The van der Waals surface area contributed by atoms with Crippen LogP contribution in [0.25, 0.3) is 10.9 Å². The summed E-state index contributed by atoms with van der Waals surface area (Å²) in [5, 5.41) is 10.6. The molecule has 0 aliphatic rings. The summed E-state index contributed by atoms with van der Waals surface area (Å²) in [6.45, 7) is 0. The summed E-state index contributed by atoms with van der Waals surface area (Å²) in [5.41, 5.74) is 4.92. The second-order valence-electron chi connectivity index (χ2n) is 2.89. The summed E-state index contributed by atoms with van der Waals surface area (Å²) in [5.74, 6) is 0. The van der Waals surface area contributed by atoms with Crippen LogP contribution in [0.3, 0.4) is 0 Å². The third-order valence-corrected chi connectivity index (χ3v) is 2.03. The minimum Gasteiger partial charge on any atom is -0.392 e. The second-order valence-corrected chi connectivity index (χ2v) is 2.89. The fourth-order valence-corrected chi connectivity index (χ4v) is 1.34. The van der Waals surface area contributed by atoms with Crippen LogP contribution in [0.1, 0.15) is 0 Å². The molecule has 0 radical (unpaired) electrons. The van der Waals surface area contributed by atoms with E-state index in [0.29, 0.717) is 5.52 Å². The molecule has 0 saturated carbocycles. The maximum atomic E-state index is 11.3. The normalized spacial score (nSPS) is 10.4. The van der Waals surface area contributed by atoms with E-state index in [1.807, 2.05) is 0 Å². The highest BCUT2D eigenvalue weighted by molar-refractivity contribution is 5.94. The van der Waals surface area contributed by atoms with Crippen molar-refractivity contribution < 1.29 is 4.92 Å². The molecule has 0 amide bonds. The highest BCUT2D eigenvalue weighted by Crippen LogP contribution is 2.26. The van der Waals surface area contributed by atoms with E-state index >= 15 is 0 Å². The summed E-state index contributed by atoms with van der Waals surface area (Å²) in [4.78, 5) is 27.4. The van der Waals surface area contributed by atoms with Crippen molar-refractivity contribution in [3.8, 4) is 0 Å². The molecule has 3 N–H and O–H groups in total. The number of nitrogens with one attached hydrogen (secondary N) is 1. The Bertz CT molecular complexity index is 604. The van der Waals surface area contributed by atoms with Gasteiger partial charge in [0.1, 0.15) is 5.69 Å². The number of nitrogens with zero attached hydrogens (tertiary/aromatic N) is 2. The van der Waals surface area contributed by atoms with Crippen LogP contribution in [-0.4, -0.2) is 14.9 Å². The zero-order valence-corrected chi connectivity index (χ0v) is 7.43. The Morgan fingerprint density at radius 3 is 2.87 bits per heavy atom.